The van der Waals surface area contributed by atoms with Crippen molar-refractivity contribution in [3.05, 3.63) is 36.4 Å². The SMILES string of the molecule is COc1ccccc1NC(=O)[C@H]1CC=CC[C@]1(C)C(=O)O. The zero-order chi connectivity index (χ0) is 15.5. The van der Waals surface area contributed by atoms with E-state index < -0.39 is 17.3 Å². The van der Waals surface area contributed by atoms with E-state index in [9.17, 15) is 14.7 Å². The number of methoxy groups -OCH3 is 1. The molecule has 1 aromatic rings. The van der Waals surface area contributed by atoms with Crippen LogP contribution in [-0.2, 0) is 9.59 Å². The maximum absolute atomic E-state index is 12.5. The first-order valence-electron chi connectivity index (χ1n) is 6.81. The van der Waals surface area contributed by atoms with E-state index in [4.69, 9.17) is 4.74 Å². The molecule has 0 aromatic heterocycles. The number of rotatable bonds is 4. The van der Waals surface area contributed by atoms with Gasteiger partial charge in [0.15, 0.2) is 0 Å². The molecule has 0 saturated heterocycles. The number of allylic oxidation sites excluding steroid dienone is 2. The molecule has 0 aliphatic heterocycles. The van der Waals surface area contributed by atoms with Crippen molar-refractivity contribution in [1.82, 2.24) is 0 Å². The normalized spacial score (nSPS) is 24.4. The van der Waals surface area contributed by atoms with E-state index in [1.807, 2.05) is 12.2 Å². The van der Waals surface area contributed by atoms with Gasteiger partial charge in [0.2, 0.25) is 5.91 Å². The summed E-state index contributed by atoms with van der Waals surface area (Å²) in [5, 5.41) is 12.2. The van der Waals surface area contributed by atoms with Crippen molar-refractivity contribution in [2.45, 2.75) is 19.8 Å². The van der Waals surface area contributed by atoms with Crippen LogP contribution >= 0.6 is 0 Å². The van der Waals surface area contributed by atoms with E-state index in [0.29, 0.717) is 24.3 Å². The van der Waals surface area contributed by atoms with E-state index in [1.54, 1.807) is 31.2 Å². The first kappa shape index (κ1) is 15.1. The van der Waals surface area contributed by atoms with Crippen molar-refractivity contribution in [3.63, 3.8) is 0 Å². The fourth-order valence-electron chi connectivity index (χ4n) is 2.56. The number of carbonyl (C=O) groups is 2. The summed E-state index contributed by atoms with van der Waals surface area (Å²) in [6.07, 6.45) is 4.45. The number of ether oxygens (including phenoxy) is 1. The van der Waals surface area contributed by atoms with Crippen molar-refractivity contribution >= 4 is 17.6 Å². The molecule has 0 unspecified atom stereocenters. The molecule has 2 atom stereocenters. The number of hydrogen-bond donors (Lipinski definition) is 2. The smallest absolute Gasteiger partial charge is 0.310 e. The van der Waals surface area contributed by atoms with Crippen molar-refractivity contribution in [3.8, 4) is 5.75 Å². The van der Waals surface area contributed by atoms with Gasteiger partial charge in [-0.05, 0) is 31.9 Å². The molecule has 1 aliphatic rings. The Morgan fingerprint density at radius 3 is 2.71 bits per heavy atom. The number of nitrogens with one attached hydrogen (secondary N) is 1. The lowest BCUT2D eigenvalue weighted by molar-refractivity contribution is -0.154. The quantitative estimate of drug-likeness (QED) is 0.836. The molecule has 21 heavy (non-hydrogen) atoms. The second kappa shape index (κ2) is 5.99. The average Bonchev–Trinajstić information content (AvgIpc) is 2.48. The highest BCUT2D eigenvalue weighted by Crippen LogP contribution is 2.39. The summed E-state index contributed by atoms with van der Waals surface area (Å²) < 4.78 is 5.19. The monoisotopic (exact) mass is 289 g/mol. The number of carbonyl (C=O) groups excluding carboxylic acids is 1. The van der Waals surface area contributed by atoms with Crippen LogP contribution < -0.4 is 10.1 Å². The third kappa shape index (κ3) is 2.91. The molecule has 5 nitrogen and oxygen atoms in total. The first-order valence-corrected chi connectivity index (χ1v) is 6.81. The van der Waals surface area contributed by atoms with Gasteiger partial charge in [-0.15, -0.1) is 0 Å². The van der Waals surface area contributed by atoms with E-state index in [2.05, 4.69) is 5.32 Å². The molecule has 0 bridgehead atoms. The Labute approximate surface area is 123 Å². The molecule has 2 rings (SSSR count). The molecule has 1 aliphatic carbocycles. The first-order chi connectivity index (χ1) is 9.99. The van der Waals surface area contributed by atoms with Gasteiger partial charge in [0.1, 0.15) is 5.75 Å². The van der Waals surface area contributed by atoms with Crippen molar-refractivity contribution in [1.29, 1.82) is 0 Å². The summed E-state index contributed by atoms with van der Waals surface area (Å²) in [5.74, 6) is -1.31. The van der Waals surface area contributed by atoms with Crippen LogP contribution in [0.3, 0.4) is 0 Å². The second-order valence-electron chi connectivity index (χ2n) is 5.38. The number of benzene rings is 1. The summed E-state index contributed by atoms with van der Waals surface area (Å²) in [4.78, 5) is 24.0. The summed E-state index contributed by atoms with van der Waals surface area (Å²) in [6.45, 7) is 1.62. The molecule has 0 heterocycles. The fraction of sp³-hybridized carbons (Fsp3) is 0.375. The Kier molecular flexibility index (Phi) is 4.31. The molecule has 0 fully saturated rings. The Balaban J connectivity index is 2.23. The van der Waals surface area contributed by atoms with E-state index in [0.717, 1.165) is 0 Å². The second-order valence-corrected chi connectivity index (χ2v) is 5.38. The van der Waals surface area contributed by atoms with Gasteiger partial charge in [-0.25, -0.2) is 0 Å². The van der Waals surface area contributed by atoms with Crippen LogP contribution in [-0.4, -0.2) is 24.1 Å². The predicted octanol–water partition coefficient (Wildman–Crippen LogP) is 2.69. The van der Waals surface area contributed by atoms with Gasteiger partial charge >= 0.3 is 5.97 Å². The summed E-state index contributed by atoms with van der Waals surface area (Å²) >= 11 is 0. The molecule has 112 valence electrons. The van der Waals surface area contributed by atoms with Gasteiger partial charge in [-0.2, -0.15) is 0 Å². The van der Waals surface area contributed by atoms with Crippen LogP contribution in [0, 0.1) is 11.3 Å². The summed E-state index contributed by atoms with van der Waals surface area (Å²) in [5.41, 5.74) is -0.534. The molecule has 1 aromatic carbocycles. The van der Waals surface area contributed by atoms with Gasteiger partial charge in [0, 0.05) is 0 Å². The summed E-state index contributed by atoms with van der Waals surface area (Å²) in [6, 6.07) is 7.06. The van der Waals surface area contributed by atoms with Gasteiger partial charge in [-0.1, -0.05) is 24.3 Å². The van der Waals surface area contributed by atoms with E-state index in [1.165, 1.54) is 7.11 Å². The highest BCUT2D eigenvalue weighted by Gasteiger charge is 2.45. The standard InChI is InChI=1S/C16H19NO4/c1-16(15(19)20)10-6-5-7-11(16)14(18)17-12-8-3-4-9-13(12)21-2/h3-6,8-9,11H,7,10H2,1-2H3,(H,17,18)(H,19,20)/t11-,16+/m1/s1. The number of carboxylic acids is 1. The lowest BCUT2D eigenvalue weighted by atomic mass is 9.69. The van der Waals surface area contributed by atoms with Crippen molar-refractivity contribution in [2.75, 3.05) is 12.4 Å². The van der Waals surface area contributed by atoms with Crippen LogP contribution in [0.4, 0.5) is 5.69 Å². The largest absolute Gasteiger partial charge is 0.495 e. The third-order valence-corrected chi connectivity index (χ3v) is 4.02. The zero-order valence-electron chi connectivity index (χ0n) is 12.1. The highest BCUT2D eigenvalue weighted by atomic mass is 16.5. The Bertz CT molecular complexity index is 581. The Morgan fingerprint density at radius 1 is 1.33 bits per heavy atom. The number of aliphatic carboxylic acids is 1. The van der Waals surface area contributed by atoms with Gasteiger partial charge in [-0.3, -0.25) is 9.59 Å². The van der Waals surface area contributed by atoms with Crippen molar-refractivity contribution in [2.24, 2.45) is 11.3 Å². The molecule has 1 amide bonds. The summed E-state index contributed by atoms with van der Waals surface area (Å²) in [7, 11) is 1.52. The lowest BCUT2D eigenvalue weighted by Crippen LogP contribution is -2.43. The minimum Gasteiger partial charge on any atom is -0.495 e. The molecular formula is C16H19NO4. The Morgan fingerprint density at radius 2 is 2.05 bits per heavy atom. The topological polar surface area (TPSA) is 75.6 Å². The molecular weight excluding hydrogens is 270 g/mol. The van der Waals surface area contributed by atoms with E-state index in [-0.39, 0.29) is 5.91 Å². The van der Waals surface area contributed by atoms with Crippen LogP contribution in [0.25, 0.3) is 0 Å². The highest BCUT2D eigenvalue weighted by molar-refractivity contribution is 5.97. The molecule has 2 N–H and O–H groups in total. The average molecular weight is 289 g/mol. The maximum atomic E-state index is 12.5. The third-order valence-electron chi connectivity index (χ3n) is 4.02. The molecule has 0 saturated carbocycles. The maximum Gasteiger partial charge on any atom is 0.310 e. The Hall–Kier alpha value is -2.30. The number of carboxylic acid groups (broad SMARTS) is 1. The van der Waals surface area contributed by atoms with Crippen LogP contribution in [0.5, 0.6) is 5.75 Å². The number of anilines is 1. The zero-order valence-corrected chi connectivity index (χ0v) is 12.1. The minimum atomic E-state index is -1.08. The van der Waals surface area contributed by atoms with E-state index >= 15 is 0 Å². The van der Waals surface area contributed by atoms with Crippen molar-refractivity contribution < 1.29 is 19.4 Å². The van der Waals surface area contributed by atoms with Crippen LogP contribution in [0.2, 0.25) is 0 Å². The molecule has 5 heteroatoms. The molecule has 0 radical (unpaired) electrons. The predicted molar refractivity (Wildman–Crippen MR) is 79.2 cm³/mol. The van der Waals surface area contributed by atoms with Gasteiger partial charge < -0.3 is 15.2 Å². The van der Waals surface area contributed by atoms with Gasteiger partial charge in [0.05, 0.1) is 24.1 Å². The van der Waals surface area contributed by atoms with Crippen LogP contribution in [0.1, 0.15) is 19.8 Å². The van der Waals surface area contributed by atoms with Gasteiger partial charge in [0.25, 0.3) is 0 Å². The number of amides is 1. The number of hydrogen-bond acceptors (Lipinski definition) is 3. The fourth-order valence-corrected chi connectivity index (χ4v) is 2.56. The van der Waals surface area contributed by atoms with Crippen LogP contribution in [0.15, 0.2) is 36.4 Å². The molecule has 0 spiro atoms. The number of para-hydroxylation sites is 2. The minimum absolute atomic E-state index is 0.297. The lowest BCUT2D eigenvalue weighted by Gasteiger charge is -2.34.